The first kappa shape index (κ1) is 12.5. The predicted octanol–water partition coefficient (Wildman–Crippen LogP) is 1.33. The Hall–Kier alpha value is -0.910. The van der Waals surface area contributed by atoms with Gasteiger partial charge in [-0.25, -0.2) is 0 Å². The van der Waals surface area contributed by atoms with E-state index < -0.39 is 5.60 Å². The molecule has 1 heterocycles. The van der Waals surface area contributed by atoms with Gasteiger partial charge in [-0.3, -0.25) is 4.79 Å². The van der Waals surface area contributed by atoms with Crippen LogP contribution in [0.5, 0.6) is 0 Å². The number of benzene rings is 1. The van der Waals surface area contributed by atoms with Gasteiger partial charge in [0.25, 0.3) is 5.91 Å². The van der Waals surface area contributed by atoms with Crippen molar-refractivity contribution in [3.05, 3.63) is 34.3 Å². The topological polar surface area (TPSA) is 58.6 Å². The highest BCUT2D eigenvalue weighted by Gasteiger charge is 2.32. The van der Waals surface area contributed by atoms with Crippen molar-refractivity contribution in [2.75, 3.05) is 19.8 Å². The molecule has 1 aromatic carbocycles. The number of hydrogen-bond acceptors (Lipinski definition) is 3. The van der Waals surface area contributed by atoms with Gasteiger partial charge in [-0.2, -0.15) is 0 Å². The second kappa shape index (κ2) is 5.16. The van der Waals surface area contributed by atoms with Gasteiger partial charge in [0.05, 0.1) is 6.61 Å². The number of amides is 1. The van der Waals surface area contributed by atoms with Crippen molar-refractivity contribution in [3.63, 3.8) is 0 Å². The fraction of sp³-hybridized carbons (Fsp3) is 0.417. The molecule has 1 amide bonds. The molecule has 4 nitrogen and oxygen atoms in total. The summed E-state index contributed by atoms with van der Waals surface area (Å²) in [4.78, 5) is 11.8. The molecule has 5 heteroatoms. The van der Waals surface area contributed by atoms with Crippen molar-refractivity contribution in [2.45, 2.75) is 12.0 Å². The molecule has 0 unspecified atom stereocenters. The molecular weight excluding hydrogens is 286 g/mol. The molecule has 0 spiro atoms. The van der Waals surface area contributed by atoms with E-state index in [1.54, 1.807) is 18.2 Å². The van der Waals surface area contributed by atoms with E-state index in [-0.39, 0.29) is 19.1 Å². The molecule has 0 radical (unpaired) electrons. The highest BCUT2D eigenvalue weighted by atomic mass is 79.9. The second-order valence-electron chi connectivity index (χ2n) is 4.22. The second-order valence-corrected chi connectivity index (χ2v) is 5.14. The van der Waals surface area contributed by atoms with E-state index in [0.717, 1.165) is 4.47 Å². The lowest BCUT2D eigenvalue weighted by Crippen LogP contribution is -2.43. The Labute approximate surface area is 108 Å². The zero-order valence-corrected chi connectivity index (χ0v) is 10.9. The quantitative estimate of drug-likeness (QED) is 0.885. The number of nitrogens with one attached hydrogen (secondary N) is 1. The molecular formula is C12H14BrNO3. The molecule has 0 aromatic heterocycles. The smallest absolute Gasteiger partial charge is 0.251 e. The number of halogens is 1. The summed E-state index contributed by atoms with van der Waals surface area (Å²) < 4.78 is 5.96. The zero-order chi connectivity index (χ0) is 12.3. The number of hydrogen-bond donors (Lipinski definition) is 2. The molecule has 2 rings (SSSR count). The third kappa shape index (κ3) is 3.28. The van der Waals surface area contributed by atoms with Crippen molar-refractivity contribution in [1.29, 1.82) is 0 Å². The van der Waals surface area contributed by atoms with Crippen LogP contribution in [0.25, 0.3) is 0 Å². The third-order valence-electron chi connectivity index (χ3n) is 2.75. The van der Waals surface area contributed by atoms with E-state index in [0.29, 0.717) is 18.6 Å². The number of carbonyl (C=O) groups excluding carboxylic acids is 1. The van der Waals surface area contributed by atoms with Gasteiger partial charge < -0.3 is 15.2 Å². The van der Waals surface area contributed by atoms with E-state index in [1.807, 2.05) is 6.07 Å². The van der Waals surface area contributed by atoms with E-state index >= 15 is 0 Å². The molecule has 1 aliphatic rings. The summed E-state index contributed by atoms with van der Waals surface area (Å²) in [5.41, 5.74) is -0.344. The minimum Gasteiger partial charge on any atom is -0.386 e. The van der Waals surface area contributed by atoms with E-state index in [2.05, 4.69) is 21.2 Å². The normalized spacial score (nSPS) is 23.6. The Morgan fingerprint density at radius 3 is 3.06 bits per heavy atom. The molecule has 1 atom stereocenters. The standard InChI is InChI=1S/C12H14BrNO3/c13-10-3-1-2-9(6-10)11(15)14-7-12(16)4-5-17-8-12/h1-3,6,16H,4-5,7-8H2,(H,14,15)/t12-/m0/s1. The minimum absolute atomic E-state index is 0.188. The lowest BCUT2D eigenvalue weighted by molar-refractivity contribution is 0.0264. The van der Waals surface area contributed by atoms with Crippen LogP contribution < -0.4 is 5.32 Å². The Morgan fingerprint density at radius 1 is 1.59 bits per heavy atom. The third-order valence-corrected chi connectivity index (χ3v) is 3.24. The van der Waals surface area contributed by atoms with Crippen LogP contribution >= 0.6 is 15.9 Å². The first-order valence-electron chi connectivity index (χ1n) is 5.43. The summed E-state index contributed by atoms with van der Waals surface area (Å²) in [6, 6.07) is 7.13. The molecule has 0 aliphatic carbocycles. The SMILES string of the molecule is O=C(NC[C@@]1(O)CCOC1)c1cccc(Br)c1. The van der Waals surface area contributed by atoms with Gasteiger partial charge in [0.15, 0.2) is 0 Å². The number of ether oxygens (including phenoxy) is 1. The molecule has 1 aromatic rings. The fourth-order valence-corrected chi connectivity index (χ4v) is 2.11. The molecule has 1 saturated heterocycles. The van der Waals surface area contributed by atoms with Crippen LogP contribution in [0.2, 0.25) is 0 Å². The van der Waals surface area contributed by atoms with Crippen LogP contribution in [0.1, 0.15) is 16.8 Å². The van der Waals surface area contributed by atoms with Gasteiger partial charge in [-0.15, -0.1) is 0 Å². The number of rotatable bonds is 3. The number of carbonyl (C=O) groups is 1. The average Bonchev–Trinajstić information content (AvgIpc) is 2.74. The maximum atomic E-state index is 11.8. The predicted molar refractivity (Wildman–Crippen MR) is 66.9 cm³/mol. The Bertz CT molecular complexity index is 416. The van der Waals surface area contributed by atoms with Crippen molar-refractivity contribution in [2.24, 2.45) is 0 Å². The molecule has 0 bridgehead atoms. The molecule has 2 N–H and O–H groups in total. The summed E-state index contributed by atoms with van der Waals surface area (Å²) in [5.74, 6) is -0.188. The van der Waals surface area contributed by atoms with Gasteiger partial charge >= 0.3 is 0 Å². The van der Waals surface area contributed by atoms with Crippen molar-refractivity contribution < 1.29 is 14.6 Å². The summed E-state index contributed by atoms with van der Waals surface area (Å²) in [7, 11) is 0. The fourth-order valence-electron chi connectivity index (χ4n) is 1.71. The van der Waals surface area contributed by atoms with Crippen LogP contribution in [0.4, 0.5) is 0 Å². The maximum absolute atomic E-state index is 11.8. The first-order chi connectivity index (χ1) is 8.09. The van der Waals surface area contributed by atoms with Crippen molar-refractivity contribution >= 4 is 21.8 Å². The van der Waals surface area contributed by atoms with Crippen LogP contribution in [0.15, 0.2) is 28.7 Å². The highest BCUT2D eigenvalue weighted by molar-refractivity contribution is 9.10. The van der Waals surface area contributed by atoms with Gasteiger partial charge in [-0.1, -0.05) is 22.0 Å². The summed E-state index contributed by atoms with van der Waals surface area (Å²) in [6.07, 6.45) is 0.561. The van der Waals surface area contributed by atoms with E-state index in [9.17, 15) is 9.90 Å². The zero-order valence-electron chi connectivity index (χ0n) is 9.28. The maximum Gasteiger partial charge on any atom is 0.251 e. The van der Waals surface area contributed by atoms with Gasteiger partial charge in [0.2, 0.25) is 0 Å². The van der Waals surface area contributed by atoms with Crippen LogP contribution in [0.3, 0.4) is 0 Å². The summed E-state index contributed by atoms with van der Waals surface area (Å²) in [6.45, 7) is 1.05. The van der Waals surface area contributed by atoms with Crippen LogP contribution in [0, 0.1) is 0 Å². The summed E-state index contributed by atoms with van der Waals surface area (Å²) in [5, 5.41) is 12.7. The van der Waals surface area contributed by atoms with Gasteiger partial charge in [-0.05, 0) is 18.2 Å². The molecule has 1 aliphatic heterocycles. The first-order valence-corrected chi connectivity index (χ1v) is 6.22. The van der Waals surface area contributed by atoms with E-state index in [4.69, 9.17) is 4.74 Å². The van der Waals surface area contributed by atoms with Crippen LogP contribution in [-0.2, 0) is 4.74 Å². The highest BCUT2D eigenvalue weighted by Crippen LogP contribution is 2.17. The largest absolute Gasteiger partial charge is 0.386 e. The van der Waals surface area contributed by atoms with E-state index in [1.165, 1.54) is 0 Å². The molecule has 92 valence electrons. The Kier molecular flexibility index (Phi) is 3.81. The molecule has 1 fully saturated rings. The Balaban J connectivity index is 1.93. The van der Waals surface area contributed by atoms with Crippen molar-refractivity contribution in [3.8, 4) is 0 Å². The van der Waals surface area contributed by atoms with Crippen LogP contribution in [-0.4, -0.2) is 36.4 Å². The minimum atomic E-state index is -0.915. The molecule has 0 saturated carbocycles. The lowest BCUT2D eigenvalue weighted by Gasteiger charge is -2.20. The van der Waals surface area contributed by atoms with Gasteiger partial charge in [0, 0.05) is 29.6 Å². The molecule has 17 heavy (non-hydrogen) atoms. The summed E-state index contributed by atoms with van der Waals surface area (Å²) >= 11 is 3.31. The Morgan fingerprint density at radius 2 is 2.41 bits per heavy atom. The van der Waals surface area contributed by atoms with Gasteiger partial charge in [0.1, 0.15) is 5.60 Å². The number of aliphatic hydroxyl groups is 1. The monoisotopic (exact) mass is 299 g/mol. The van der Waals surface area contributed by atoms with Crippen molar-refractivity contribution in [1.82, 2.24) is 5.32 Å². The lowest BCUT2D eigenvalue weighted by atomic mass is 10.0. The average molecular weight is 300 g/mol.